The zero-order chi connectivity index (χ0) is 55.2. The molecule has 7 unspecified atom stereocenters. The molecule has 1 aliphatic rings. The number of hydrogen-bond donors (Lipinski definition) is 6. The number of amides is 1. The van der Waals surface area contributed by atoms with Gasteiger partial charge in [-0.2, -0.15) is 0 Å². The first-order valence-corrected chi connectivity index (χ1v) is 32.3. The zero-order valence-corrected chi connectivity index (χ0v) is 49.2. The molecule has 1 heterocycles. The van der Waals surface area contributed by atoms with Crippen LogP contribution in [-0.2, 0) is 23.8 Å². The third-order valence-electron chi connectivity index (χ3n) is 15.2. The number of hydrogen-bond acceptors (Lipinski definition) is 10. The molecule has 1 rings (SSSR count). The smallest absolute Gasteiger partial charge is 0.305 e. The van der Waals surface area contributed by atoms with Gasteiger partial charge in [-0.1, -0.05) is 262 Å². The molecule has 0 spiro atoms. The first-order chi connectivity index (χ1) is 37.2. The summed E-state index contributed by atoms with van der Waals surface area (Å²) in [5.41, 5.74) is 0. The molecule has 0 radical (unpaired) electrons. The number of allylic oxidation sites excluding steroid dienone is 5. The van der Waals surface area contributed by atoms with Gasteiger partial charge in [0.15, 0.2) is 6.29 Å². The van der Waals surface area contributed by atoms with Gasteiger partial charge in [0.2, 0.25) is 5.91 Å². The Morgan fingerprint density at radius 1 is 0.487 bits per heavy atom. The van der Waals surface area contributed by atoms with Gasteiger partial charge in [0, 0.05) is 12.8 Å². The third kappa shape index (κ3) is 43.7. The molecule has 0 aromatic heterocycles. The highest BCUT2D eigenvalue weighted by Gasteiger charge is 2.44. The maximum atomic E-state index is 13.1. The van der Waals surface area contributed by atoms with Gasteiger partial charge in [-0.05, 0) is 64.2 Å². The number of esters is 1. The summed E-state index contributed by atoms with van der Waals surface area (Å²) in [7, 11) is 0. The van der Waals surface area contributed by atoms with E-state index in [1.165, 1.54) is 193 Å². The minimum atomic E-state index is -1.57. The molecular formula is C65H121NO10. The predicted molar refractivity (Wildman–Crippen MR) is 315 cm³/mol. The number of carbonyl (C=O) groups is 2. The standard InChI is InChI=1S/C65H121NO10/c1-3-5-7-9-11-13-15-16-28-32-35-39-43-47-51-58(68)57(56-75-65-64(73)63(72)62(71)59(55-67)76-65)66-60(69)52-48-44-40-36-33-29-26-24-22-20-18-17-19-21-23-25-27-30-34-38-42-46-50-54-74-61(70)53-49-45-41-37-31-14-12-10-8-6-4-2/h17,19-20,22,47,51,57-59,62-65,67-68,71-73H,3-16,18,21,23-46,48-50,52-56H2,1-2H3,(H,66,69)/b19-17-,22-20-,51-47+. The zero-order valence-electron chi connectivity index (χ0n) is 49.2. The van der Waals surface area contributed by atoms with Gasteiger partial charge in [0.25, 0.3) is 0 Å². The van der Waals surface area contributed by atoms with Crippen LogP contribution in [0.2, 0.25) is 0 Å². The molecule has 6 N–H and O–H groups in total. The molecular weight excluding hydrogens is 955 g/mol. The summed E-state index contributed by atoms with van der Waals surface area (Å²) in [5, 5.41) is 54.5. The Labute approximate surface area is 466 Å². The highest BCUT2D eigenvalue weighted by molar-refractivity contribution is 5.76. The van der Waals surface area contributed by atoms with Gasteiger partial charge in [-0.25, -0.2) is 0 Å². The van der Waals surface area contributed by atoms with E-state index < -0.39 is 49.5 Å². The van der Waals surface area contributed by atoms with Crippen molar-refractivity contribution >= 4 is 11.9 Å². The third-order valence-corrected chi connectivity index (χ3v) is 15.2. The molecule has 11 nitrogen and oxygen atoms in total. The van der Waals surface area contributed by atoms with E-state index in [9.17, 15) is 35.1 Å². The Hall–Kier alpha value is -2.12. The minimum Gasteiger partial charge on any atom is -0.466 e. The first kappa shape index (κ1) is 71.9. The van der Waals surface area contributed by atoms with E-state index in [1.54, 1.807) is 6.08 Å². The lowest BCUT2D eigenvalue weighted by Gasteiger charge is -2.40. The van der Waals surface area contributed by atoms with Crippen molar-refractivity contribution in [2.24, 2.45) is 0 Å². The van der Waals surface area contributed by atoms with Gasteiger partial charge in [0.05, 0.1) is 32.0 Å². The average Bonchev–Trinajstić information content (AvgIpc) is 3.42. The number of rotatable bonds is 56. The lowest BCUT2D eigenvalue weighted by atomic mass is 9.99. The lowest BCUT2D eigenvalue weighted by Crippen LogP contribution is -2.60. The fourth-order valence-corrected chi connectivity index (χ4v) is 10.1. The molecule has 1 aliphatic heterocycles. The van der Waals surface area contributed by atoms with Crippen molar-refractivity contribution in [1.29, 1.82) is 0 Å². The summed E-state index contributed by atoms with van der Waals surface area (Å²) in [4.78, 5) is 25.1. The van der Waals surface area contributed by atoms with E-state index in [2.05, 4.69) is 43.5 Å². The van der Waals surface area contributed by atoms with E-state index in [4.69, 9.17) is 14.2 Å². The Kier molecular flexibility index (Phi) is 51.9. The second-order valence-electron chi connectivity index (χ2n) is 22.5. The van der Waals surface area contributed by atoms with Gasteiger partial charge in [-0.3, -0.25) is 9.59 Å². The van der Waals surface area contributed by atoms with Crippen LogP contribution in [-0.4, -0.2) is 100 Å². The number of unbranched alkanes of at least 4 members (excludes halogenated alkanes) is 38. The van der Waals surface area contributed by atoms with Gasteiger partial charge >= 0.3 is 5.97 Å². The largest absolute Gasteiger partial charge is 0.466 e. The van der Waals surface area contributed by atoms with Crippen molar-refractivity contribution in [2.75, 3.05) is 19.8 Å². The summed E-state index contributed by atoms with van der Waals surface area (Å²) >= 11 is 0. The van der Waals surface area contributed by atoms with Crippen molar-refractivity contribution in [2.45, 2.75) is 346 Å². The quantitative estimate of drug-likeness (QED) is 0.0195. The van der Waals surface area contributed by atoms with Crippen molar-refractivity contribution in [1.82, 2.24) is 5.32 Å². The van der Waals surface area contributed by atoms with Crippen LogP contribution in [0.4, 0.5) is 0 Å². The van der Waals surface area contributed by atoms with E-state index in [1.807, 2.05) is 6.08 Å². The Morgan fingerprint density at radius 3 is 1.33 bits per heavy atom. The Morgan fingerprint density at radius 2 is 0.882 bits per heavy atom. The second kappa shape index (κ2) is 54.8. The molecule has 0 saturated carbocycles. The number of ether oxygens (including phenoxy) is 3. The van der Waals surface area contributed by atoms with Crippen LogP contribution in [0.15, 0.2) is 36.5 Å². The summed E-state index contributed by atoms with van der Waals surface area (Å²) in [6, 6.07) is -0.818. The van der Waals surface area contributed by atoms with E-state index in [-0.39, 0.29) is 18.5 Å². The summed E-state index contributed by atoms with van der Waals surface area (Å²) in [6.45, 7) is 4.34. The summed E-state index contributed by atoms with van der Waals surface area (Å²) < 4.78 is 16.7. The molecule has 1 amide bonds. The summed E-state index contributed by atoms with van der Waals surface area (Å²) in [5.74, 6) is -0.196. The minimum absolute atomic E-state index is 0.00496. The molecule has 1 fully saturated rings. The van der Waals surface area contributed by atoms with Gasteiger partial charge < -0.3 is 45.1 Å². The van der Waals surface area contributed by atoms with Crippen molar-refractivity contribution < 1.29 is 49.3 Å². The van der Waals surface area contributed by atoms with Crippen LogP contribution in [0.1, 0.15) is 303 Å². The molecule has 0 aromatic carbocycles. The average molecular weight is 1080 g/mol. The Bertz CT molecular complexity index is 1360. The monoisotopic (exact) mass is 1080 g/mol. The van der Waals surface area contributed by atoms with Crippen LogP contribution >= 0.6 is 0 Å². The number of aliphatic hydroxyl groups excluding tert-OH is 5. The van der Waals surface area contributed by atoms with Crippen molar-refractivity contribution in [3.8, 4) is 0 Å². The molecule has 11 heteroatoms. The maximum Gasteiger partial charge on any atom is 0.305 e. The SMILES string of the molecule is CCCCCCCCCCCCCC/C=C/C(O)C(COC1OC(CO)C(O)C(O)C1O)NC(=O)CCCCCCCCC/C=C\C/C=C\CCCCCCCCCCCOC(=O)CCCCCCCCCCCCC. The molecule has 1 saturated heterocycles. The van der Waals surface area contributed by atoms with Crippen LogP contribution in [0.3, 0.4) is 0 Å². The molecule has 0 bridgehead atoms. The fraction of sp³-hybridized carbons (Fsp3) is 0.877. The molecule has 446 valence electrons. The lowest BCUT2D eigenvalue weighted by molar-refractivity contribution is -0.302. The number of aliphatic hydroxyl groups is 5. The van der Waals surface area contributed by atoms with Crippen molar-refractivity contribution in [3.63, 3.8) is 0 Å². The number of carbonyl (C=O) groups excluding carboxylic acids is 2. The topological polar surface area (TPSA) is 175 Å². The molecule has 76 heavy (non-hydrogen) atoms. The van der Waals surface area contributed by atoms with Crippen LogP contribution in [0.5, 0.6) is 0 Å². The molecule has 0 aliphatic carbocycles. The highest BCUT2D eigenvalue weighted by atomic mass is 16.7. The van der Waals surface area contributed by atoms with E-state index >= 15 is 0 Å². The summed E-state index contributed by atoms with van der Waals surface area (Å²) in [6.07, 6.45) is 58.1. The van der Waals surface area contributed by atoms with Crippen molar-refractivity contribution in [3.05, 3.63) is 36.5 Å². The number of nitrogens with one attached hydrogen (secondary N) is 1. The molecule has 7 atom stereocenters. The predicted octanol–water partition coefficient (Wildman–Crippen LogP) is 15.5. The van der Waals surface area contributed by atoms with E-state index in [0.717, 1.165) is 83.5 Å². The first-order valence-electron chi connectivity index (χ1n) is 32.3. The van der Waals surface area contributed by atoms with Crippen LogP contribution in [0.25, 0.3) is 0 Å². The van der Waals surface area contributed by atoms with Gasteiger partial charge in [0.1, 0.15) is 24.4 Å². The maximum absolute atomic E-state index is 13.1. The Balaban J connectivity index is 2.09. The fourth-order valence-electron chi connectivity index (χ4n) is 10.1. The second-order valence-corrected chi connectivity index (χ2v) is 22.5. The van der Waals surface area contributed by atoms with Gasteiger partial charge in [-0.15, -0.1) is 0 Å². The highest BCUT2D eigenvalue weighted by Crippen LogP contribution is 2.23. The van der Waals surface area contributed by atoms with E-state index in [0.29, 0.717) is 19.4 Å². The van der Waals surface area contributed by atoms with Crippen LogP contribution in [0, 0.1) is 0 Å². The normalized spacial score (nSPS) is 18.9. The van der Waals surface area contributed by atoms with Crippen LogP contribution < -0.4 is 5.32 Å². The molecule has 0 aromatic rings.